The van der Waals surface area contributed by atoms with E-state index in [0.29, 0.717) is 50.3 Å². The minimum absolute atomic E-state index is 0.123. The zero-order chi connectivity index (χ0) is 31.3. The van der Waals surface area contributed by atoms with Crippen LogP contribution in [0.25, 0.3) is 11.1 Å². The van der Waals surface area contributed by atoms with Crippen LogP contribution in [0, 0.1) is 0 Å². The Balaban J connectivity index is 1.15. The molecule has 1 aromatic heterocycles. The van der Waals surface area contributed by atoms with E-state index in [1.807, 2.05) is 12.1 Å². The predicted molar refractivity (Wildman–Crippen MR) is 158 cm³/mol. The standard InChI is InChI=1S/C31H32F3N5O4S/c1-20(40)39-27-8-4-22(18-26(27)30(29(39)41)12-14-35-15-13-30)21-2-6-25(7-3-21)44(42,43)38-16-10-24(11-17-38)37-28-9-5-23(19-36-28)31(32,33)34/h2-9,18-19,24,35H,10-17H2,1H3,(H,36,37). The number of hydrogen-bond acceptors (Lipinski definition) is 7. The molecule has 2 amide bonds. The SMILES string of the molecule is CC(=O)N1C(=O)C2(CCNCC2)c2cc(-c3ccc(S(=O)(=O)N4CCC(Nc5ccc(C(F)(F)F)cn5)CC4)cc3)ccc21. The molecule has 44 heavy (non-hydrogen) atoms. The van der Waals surface area contributed by atoms with Crippen molar-refractivity contribution in [2.24, 2.45) is 0 Å². The lowest BCUT2D eigenvalue weighted by atomic mass is 9.73. The van der Waals surface area contributed by atoms with Crippen molar-refractivity contribution in [3.05, 3.63) is 71.9 Å². The van der Waals surface area contributed by atoms with E-state index in [2.05, 4.69) is 15.6 Å². The number of imide groups is 1. The first-order chi connectivity index (χ1) is 20.9. The molecule has 9 nitrogen and oxygen atoms in total. The number of fused-ring (bicyclic) bond motifs is 2. The van der Waals surface area contributed by atoms with Gasteiger partial charge in [-0.15, -0.1) is 0 Å². The number of hydrogen-bond donors (Lipinski definition) is 2. The van der Waals surface area contributed by atoms with Gasteiger partial charge in [0.2, 0.25) is 21.8 Å². The van der Waals surface area contributed by atoms with Gasteiger partial charge in [-0.05, 0) is 91.9 Å². The van der Waals surface area contributed by atoms with Gasteiger partial charge in [-0.1, -0.05) is 18.2 Å². The van der Waals surface area contributed by atoms with Crippen LogP contribution in [-0.2, 0) is 31.2 Å². The molecular formula is C31H32F3N5O4S. The molecule has 0 radical (unpaired) electrons. The van der Waals surface area contributed by atoms with Crippen LogP contribution in [0.2, 0.25) is 0 Å². The smallest absolute Gasteiger partial charge is 0.367 e. The average Bonchev–Trinajstić information content (AvgIpc) is 3.24. The highest BCUT2D eigenvalue weighted by atomic mass is 32.2. The molecule has 2 N–H and O–H groups in total. The molecule has 3 aliphatic heterocycles. The molecule has 232 valence electrons. The van der Waals surface area contributed by atoms with Gasteiger partial charge in [-0.25, -0.2) is 18.3 Å². The van der Waals surface area contributed by atoms with Gasteiger partial charge in [0.1, 0.15) is 5.82 Å². The van der Waals surface area contributed by atoms with Crippen LogP contribution in [-0.4, -0.2) is 61.7 Å². The maximum atomic E-state index is 13.5. The summed E-state index contributed by atoms with van der Waals surface area (Å²) in [6, 6.07) is 14.3. The van der Waals surface area contributed by atoms with Crippen molar-refractivity contribution in [2.45, 2.75) is 55.1 Å². The molecule has 0 unspecified atom stereocenters. The number of aromatic nitrogens is 1. The van der Waals surface area contributed by atoms with Gasteiger partial charge >= 0.3 is 6.18 Å². The summed E-state index contributed by atoms with van der Waals surface area (Å²) in [7, 11) is -3.77. The Kier molecular flexibility index (Phi) is 7.75. The summed E-state index contributed by atoms with van der Waals surface area (Å²) in [5.74, 6) is -0.189. The summed E-state index contributed by atoms with van der Waals surface area (Å²) < 4.78 is 66.7. The summed E-state index contributed by atoms with van der Waals surface area (Å²) in [6.45, 7) is 3.25. The molecule has 2 fully saturated rings. The lowest BCUT2D eigenvalue weighted by Gasteiger charge is -2.32. The molecule has 2 saturated heterocycles. The summed E-state index contributed by atoms with van der Waals surface area (Å²) in [5.41, 5.74) is 1.47. The van der Waals surface area contributed by atoms with E-state index in [4.69, 9.17) is 0 Å². The van der Waals surface area contributed by atoms with Crippen LogP contribution in [0.3, 0.4) is 0 Å². The number of sulfonamides is 1. The summed E-state index contributed by atoms with van der Waals surface area (Å²) >= 11 is 0. The number of nitrogens with zero attached hydrogens (tertiary/aromatic N) is 3. The minimum atomic E-state index is -4.46. The third-order valence-electron chi connectivity index (χ3n) is 8.86. The zero-order valence-electron chi connectivity index (χ0n) is 24.0. The van der Waals surface area contributed by atoms with Gasteiger partial charge in [0, 0.05) is 32.3 Å². The number of benzene rings is 2. The van der Waals surface area contributed by atoms with E-state index in [-0.39, 0.29) is 35.8 Å². The second-order valence-corrected chi connectivity index (χ2v) is 13.4. The molecule has 0 bridgehead atoms. The monoisotopic (exact) mass is 627 g/mol. The Morgan fingerprint density at radius 3 is 2.25 bits per heavy atom. The number of nitrogens with one attached hydrogen (secondary N) is 2. The summed E-state index contributed by atoms with van der Waals surface area (Å²) in [5, 5.41) is 6.39. The van der Waals surface area contributed by atoms with Crippen LogP contribution >= 0.6 is 0 Å². The number of pyridine rings is 1. The first-order valence-electron chi connectivity index (χ1n) is 14.5. The Bertz CT molecular complexity index is 1680. The summed E-state index contributed by atoms with van der Waals surface area (Å²) in [4.78, 5) is 31.1. The van der Waals surface area contributed by atoms with Crippen LogP contribution < -0.4 is 15.5 Å². The number of halogens is 3. The fraction of sp³-hybridized carbons (Fsp3) is 0.387. The van der Waals surface area contributed by atoms with Crippen LogP contribution in [0.5, 0.6) is 0 Å². The molecule has 0 saturated carbocycles. The number of amides is 2. The molecule has 2 aromatic carbocycles. The van der Waals surface area contributed by atoms with Gasteiger partial charge in [0.25, 0.3) is 0 Å². The molecule has 0 aliphatic carbocycles. The lowest BCUT2D eigenvalue weighted by molar-refractivity contribution is -0.137. The third kappa shape index (κ3) is 5.37. The van der Waals surface area contributed by atoms with E-state index in [0.717, 1.165) is 29.0 Å². The molecule has 6 rings (SSSR count). The number of rotatable bonds is 5. The predicted octanol–water partition coefficient (Wildman–Crippen LogP) is 4.55. The van der Waals surface area contributed by atoms with E-state index in [1.54, 1.807) is 30.3 Å². The van der Waals surface area contributed by atoms with Crippen molar-refractivity contribution in [2.75, 3.05) is 36.4 Å². The maximum Gasteiger partial charge on any atom is 0.417 e. The van der Waals surface area contributed by atoms with Crippen molar-refractivity contribution >= 4 is 33.3 Å². The number of anilines is 2. The highest BCUT2D eigenvalue weighted by molar-refractivity contribution is 7.89. The largest absolute Gasteiger partial charge is 0.417 e. The van der Waals surface area contributed by atoms with Crippen LogP contribution in [0.1, 0.15) is 43.7 Å². The number of carbonyl (C=O) groups excluding carboxylic acids is 2. The second-order valence-electron chi connectivity index (χ2n) is 11.5. The number of carbonyl (C=O) groups is 2. The van der Waals surface area contributed by atoms with E-state index in [9.17, 15) is 31.2 Å². The van der Waals surface area contributed by atoms with E-state index >= 15 is 0 Å². The van der Waals surface area contributed by atoms with E-state index < -0.39 is 27.2 Å². The molecule has 0 atom stereocenters. The molecule has 4 heterocycles. The fourth-order valence-electron chi connectivity index (χ4n) is 6.45. The lowest BCUT2D eigenvalue weighted by Crippen LogP contribution is -2.48. The average molecular weight is 628 g/mol. The van der Waals surface area contributed by atoms with Crippen molar-refractivity contribution in [3.8, 4) is 11.1 Å². The topological polar surface area (TPSA) is 112 Å². The minimum Gasteiger partial charge on any atom is -0.367 e. The highest BCUT2D eigenvalue weighted by Crippen LogP contribution is 2.48. The molecule has 1 spiro atoms. The van der Waals surface area contributed by atoms with Gasteiger partial charge in [0.05, 0.1) is 21.6 Å². The van der Waals surface area contributed by atoms with Crippen molar-refractivity contribution in [3.63, 3.8) is 0 Å². The van der Waals surface area contributed by atoms with Gasteiger partial charge in [-0.2, -0.15) is 17.5 Å². The van der Waals surface area contributed by atoms with Crippen molar-refractivity contribution in [1.82, 2.24) is 14.6 Å². The van der Waals surface area contributed by atoms with Gasteiger partial charge in [-0.3, -0.25) is 9.59 Å². The number of piperidine rings is 2. The Labute approximate surface area is 253 Å². The normalized spacial score (nSPS) is 19.3. The summed E-state index contributed by atoms with van der Waals surface area (Å²) in [6.07, 6.45) is -1.55. The highest BCUT2D eigenvalue weighted by Gasteiger charge is 2.52. The zero-order valence-corrected chi connectivity index (χ0v) is 24.8. The van der Waals surface area contributed by atoms with E-state index in [1.165, 1.54) is 22.2 Å². The Morgan fingerprint density at radius 2 is 1.66 bits per heavy atom. The second kappa shape index (κ2) is 11.3. The molecule has 13 heteroatoms. The van der Waals surface area contributed by atoms with Crippen LogP contribution in [0.15, 0.2) is 65.7 Å². The quantitative estimate of drug-likeness (QED) is 0.427. The fourth-order valence-corrected chi connectivity index (χ4v) is 7.92. The first kappa shape index (κ1) is 30.2. The Hall–Kier alpha value is -3.81. The van der Waals surface area contributed by atoms with Gasteiger partial charge in [0.15, 0.2) is 0 Å². The molecular weight excluding hydrogens is 595 g/mol. The van der Waals surface area contributed by atoms with Crippen LogP contribution in [0.4, 0.5) is 24.7 Å². The number of alkyl halides is 3. The van der Waals surface area contributed by atoms with Gasteiger partial charge < -0.3 is 10.6 Å². The van der Waals surface area contributed by atoms with Crippen molar-refractivity contribution in [1.29, 1.82) is 0 Å². The van der Waals surface area contributed by atoms with Crippen molar-refractivity contribution < 1.29 is 31.2 Å². The third-order valence-corrected chi connectivity index (χ3v) is 10.8. The Morgan fingerprint density at radius 1 is 1.00 bits per heavy atom. The maximum absolute atomic E-state index is 13.5. The molecule has 3 aliphatic rings. The molecule has 3 aromatic rings. The first-order valence-corrected chi connectivity index (χ1v) is 15.9.